The van der Waals surface area contributed by atoms with E-state index in [4.69, 9.17) is 10.6 Å². The van der Waals surface area contributed by atoms with Gasteiger partial charge in [-0.1, -0.05) is 13.8 Å². The summed E-state index contributed by atoms with van der Waals surface area (Å²) >= 11 is 0. The summed E-state index contributed by atoms with van der Waals surface area (Å²) in [6.07, 6.45) is 3.61. The van der Waals surface area contributed by atoms with Crippen molar-refractivity contribution < 1.29 is 4.74 Å². The largest absolute Gasteiger partial charge is 0.374 e. The van der Waals surface area contributed by atoms with Gasteiger partial charge in [-0.2, -0.15) is 0 Å². The highest BCUT2D eigenvalue weighted by atomic mass is 16.5. The lowest BCUT2D eigenvalue weighted by molar-refractivity contribution is 0.128. The third kappa shape index (κ3) is 4.54. The molecule has 0 bridgehead atoms. The molecule has 6 heteroatoms. The Morgan fingerprint density at radius 3 is 2.86 bits per heavy atom. The normalized spacial score (nSPS) is 18.4. The summed E-state index contributed by atoms with van der Waals surface area (Å²) in [5, 5.41) is 0. The highest BCUT2D eigenvalue weighted by Crippen LogP contribution is 2.31. The maximum absolute atomic E-state index is 5.52. The minimum atomic E-state index is 0.408. The van der Waals surface area contributed by atoms with Gasteiger partial charge in [-0.25, -0.2) is 15.8 Å². The van der Waals surface area contributed by atoms with E-state index < -0.39 is 0 Å². The van der Waals surface area contributed by atoms with Gasteiger partial charge in [0.2, 0.25) is 0 Å². The van der Waals surface area contributed by atoms with Crippen molar-refractivity contribution in [2.24, 2.45) is 11.3 Å². The Balaban J connectivity index is 2.17. The number of anilines is 2. The lowest BCUT2D eigenvalue weighted by Crippen LogP contribution is -2.27. The molecule has 1 aliphatic heterocycles. The van der Waals surface area contributed by atoms with Gasteiger partial charge in [-0.05, 0) is 31.6 Å². The summed E-state index contributed by atoms with van der Waals surface area (Å²) in [5.41, 5.74) is 3.03. The van der Waals surface area contributed by atoms with Crippen molar-refractivity contribution in [3.8, 4) is 0 Å². The molecule has 3 N–H and O–H groups in total. The first kappa shape index (κ1) is 16.0. The van der Waals surface area contributed by atoms with E-state index >= 15 is 0 Å². The van der Waals surface area contributed by atoms with E-state index in [1.807, 2.05) is 13.0 Å². The topological polar surface area (TPSA) is 76.3 Å². The molecule has 118 valence electrons. The fourth-order valence-corrected chi connectivity index (χ4v) is 2.63. The van der Waals surface area contributed by atoms with Crippen LogP contribution in [0.2, 0.25) is 0 Å². The van der Waals surface area contributed by atoms with E-state index in [0.717, 1.165) is 18.9 Å². The number of nitrogens with one attached hydrogen (secondary N) is 1. The van der Waals surface area contributed by atoms with Crippen LogP contribution in [0.25, 0.3) is 0 Å². The van der Waals surface area contributed by atoms with Crippen LogP contribution in [0.15, 0.2) is 6.07 Å². The molecule has 0 saturated carbocycles. The second-order valence-electron chi connectivity index (χ2n) is 6.31. The van der Waals surface area contributed by atoms with Crippen molar-refractivity contribution in [2.75, 3.05) is 30.0 Å². The van der Waals surface area contributed by atoms with Crippen LogP contribution >= 0.6 is 0 Å². The average molecular weight is 293 g/mol. The summed E-state index contributed by atoms with van der Waals surface area (Å²) in [6.45, 7) is 9.74. The van der Waals surface area contributed by atoms with Gasteiger partial charge in [0.25, 0.3) is 0 Å². The van der Waals surface area contributed by atoms with Crippen LogP contribution in [0.3, 0.4) is 0 Å². The SMILES string of the molecule is CCOCc1nc(NN)cc(N2CCCC(C)(C)CC2)n1. The van der Waals surface area contributed by atoms with Gasteiger partial charge in [0, 0.05) is 25.8 Å². The quantitative estimate of drug-likeness (QED) is 0.641. The van der Waals surface area contributed by atoms with Gasteiger partial charge in [0.05, 0.1) is 0 Å². The van der Waals surface area contributed by atoms with Gasteiger partial charge < -0.3 is 15.1 Å². The standard InChI is InChI=1S/C15H27N5O/c1-4-21-11-13-17-12(19-16)10-14(18-13)20-8-5-6-15(2,3)7-9-20/h10H,4-9,11,16H2,1-3H3,(H,17,18,19). The number of hydrazine groups is 1. The third-order valence-corrected chi connectivity index (χ3v) is 4.01. The molecule has 0 amide bonds. The maximum Gasteiger partial charge on any atom is 0.158 e. The minimum absolute atomic E-state index is 0.408. The predicted octanol–water partition coefficient (Wildman–Crippen LogP) is 2.32. The highest BCUT2D eigenvalue weighted by molar-refractivity contribution is 5.49. The molecule has 1 saturated heterocycles. The lowest BCUT2D eigenvalue weighted by atomic mass is 9.85. The molecule has 2 rings (SSSR count). The second-order valence-corrected chi connectivity index (χ2v) is 6.31. The Kier molecular flexibility index (Phi) is 5.36. The van der Waals surface area contributed by atoms with Crippen molar-refractivity contribution in [3.63, 3.8) is 0 Å². The number of rotatable bonds is 5. The molecule has 0 radical (unpaired) electrons. The molecular weight excluding hydrogens is 266 g/mol. The zero-order valence-electron chi connectivity index (χ0n) is 13.4. The summed E-state index contributed by atoms with van der Waals surface area (Å²) in [7, 11) is 0. The molecule has 1 aromatic heterocycles. The van der Waals surface area contributed by atoms with Crippen LogP contribution in [-0.2, 0) is 11.3 Å². The van der Waals surface area contributed by atoms with Crippen molar-refractivity contribution in [1.82, 2.24) is 9.97 Å². The fraction of sp³-hybridized carbons (Fsp3) is 0.733. The van der Waals surface area contributed by atoms with Crippen LogP contribution in [0.5, 0.6) is 0 Å². The Bertz CT molecular complexity index is 463. The average Bonchev–Trinajstić information content (AvgIpc) is 2.65. The zero-order valence-corrected chi connectivity index (χ0v) is 13.4. The molecule has 1 aromatic rings. The Hall–Kier alpha value is -1.40. The summed E-state index contributed by atoms with van der Waals surface area (Å²) in [5.74, 6) is 7.76. The molecule has 0 spiro atoms. The molecule has 2 heterocycles. The first-order valence-corrected chi connectivity index (χ1v) is 7.71. The van der Waals surface area contributed by atoms with Crippen LogP contribution in [-0.4, -0.2) is 29.7 Å². The van der Waals surface area contributed by atoms with E-state index in [2.05, 4.69) is 34.1 Å². The molecule has 0 aromatic carbocycles. The Morgan fingerprint density at radius 1 is 1.33 bits per heavy atom. The summed E-state index contributed by atoms with van der Waals surface area (Å²) < 4.78 is 5.41. The van der Waals surface area contributed by atoms with Gasteiger partial charge in [0.1, 0.15) is 18.2 Å². The van der Waals surface area contributed by atoms with E-state index in [1.54, 1.807) is 0 Å². The summed E-state index contributed by atoms with van der Waals surface area (Å²) in [4.78, 5) is 11.3. The van der Waals surface area contributed by atoms with Crippen molar-refractivity contribution >= 4 is 11.6 Å². The zero-order chi connectivity index (χ0) is 15.3. The molecular formula is C15H27N5O. The van der Waals surface area contributed by atoms with Crippen molar-refractivity contribution in [3.05, 3.63) is 11.9 Å². The molecule has 0 unspecified atom stereocenters. The van der Waals surface area contributed by atoms with Crippen LogP contribution in [0.1, 0.15) is 45.9 Å². The van der Waals surface area contributed by atoms with Gasteiger partial charge in [0.15, 0.2) is 5.82 Å². The second kappa shape index (κ2) is 7.04. The van der Waals surface area contributed by atoms with E-state index in [-0.39, 0.29) is 0 Å². The predicted molar refractivity (Wildman–Crippen MR) is 85.0 cm³/mol. The van der Waals surface area contributed by atoms with Gasteiger partial charge >= 0.3 is 0 Å². The Morgan fingerprint density at radius 2 is 2.14 bits per heavy atom. The van der Waals surface area contributed by atoms with Crippen LogP contribution in [0, 0.1) is 5.41 Å². The third-order valence-electron chi connectivity index (χ3n) is 4.01. The number of hydrogen-bond donors (Lipinski definition) is 2. The Labute approximate surface area is 127 Å². The number of ether oxygens (including phenoxy) is 1. The van der Waals surface area contributed by atoms with Gasteiger partial charge in [-0.15, -0.1) is 0 Å². The number of aromatic nitrogens is 2. The highest BCUT2D eigenvalue weighted by Gasteiger charge is 2.24. The summed E-state index contributed by atoms with van der Waals surface area (Å²) in [6, 6.07) is 1.91. The number of nitrogens with two attached hydrogens (primary N) is 1. The molecule has 0 aliphatic carbocycles. The first-order chi connectivity index (χ1) is 10.0. The van der Waals surface area contributed by atoms with E-state index in [9.17, 15) is 0 Å². The van der Waals surface area contributed by atoms with E-state index in [0.29, 0.717) is 30.3 Å². The fourth-order valence-electron chi connectivity index (χ4n) is 2.63. The van der Waals surface area contributed by atoms with Crippen molar-refractivity contribution in [2.45, 2.75) is 46.6 Å². The van der Waals surface area contributed by atoms with Crippen LogP contribution < -0.4 is 16.2 Å². The molecule has 1 fully saturated rings. The van der Waals surface area contributed by atoms with Gasteiger partial charge in [-0.3, -0.25) is 0 Å². The minimum Gasteiger partial charge on any atom is -0.374 e. The molecule has 0 atom stereocenters. The van der Waals surface area contributed by atoms with Crippen molar-refractivity contribution in [1.29, 1.82) is 0 Å². The number of nitrogen functional groups attached to an aromatic ring is 1. The molecule has 21 heavy (non-hydrogen) atoms. The monoisotopic (exact) mass is 293 g/mol. The van der Waals surface area contributed by atoms with E-state index in [1.165, 1.54) is 19.3 Å². The lowest BCUT2D eigenvalue weighted by Gasteiger charge is -2.24. The first-order valence-electron chi connectivity index (χ1n) is 7.71. The number of nitrogens with zero attached hydrogens (tertiary/aromatic N) is 3. The smallest absolute Gasteiger partial charge is 0.158 e. The molecule has 6 nitrogen and oxygen atoms in total. The molecule has 1 aliphatic rings. The van der Waals surface area contributed by atoms with Crippen LogP contribution in [0.4, 0.5) is 11.6 Å². The maximum atomic E-state index is 5.52. The number of hydrogen-bond acceptors (Lipinski definition) is 6.